The van der Waals surface area contributed by atoms with E-state index in [9.17, 15) is 13.2 Å². The fourth-order valence-corrected chi connectivity index (χ4v) is 7.33. The summed E-state index contributed by atoms with van der Waals surface area (Å²) in [7, 11) is -3.77. The number of hydrogen-bond donors (Lipinski definition) is 2. The summed E-state index contributed by atoms with van der Waals surface area (Å²) in [6.45, 7) is 0.867. The molecule has 1 fully saturated rings. The summed E-state index contributed by atoms with van der Waals surface area (Å²) in [6, 6.07) is 10.3. The van der Waals surface area contributed by atoms with Gasteiger partial charge in [0, 0.05) is 34.1 Å². The number of nitrogen functional groups attached to an aromatic ring is 1. The minimum atomic E-state index is -3.77. The number of sulfonamides is 1. The Labute approximate surface area is 181 Å². The van der Waals surface area contributed by atoms with Gasteiger partial charge in [-0.25, -0.2) is 13.4 Å². The van der Waals surface area contributed by atoms with Crippen LogP contribution in [0.5, 0.6) is 0 Å². The molecule has 1 aromatic carbocycles. The van der Waals surface area contributed by atoms with Crippen molar-refractivity contribution >= 4 is 64.6 Å². The number of anilines is 1. The Kier molecular flexibility index (Phi) is 4.73. The topological polar surface area (TPSA) is 105 Å². The maximum Gasteiger partial charge on any atom is 0.250 e. The number of thiophene rings is 2. The molecule has 1 aliphatic rings. The van der Waals surface area contributed by atoms with E-state index in [1.165, 1.54) is 11.3 Å². The van der Waals surface area contributed by atoms with E-state index in [1.54, 1.807) is 28.5 Å². The van der Waals surface area contributed by atoms with Crippen molar-refractivity contribution in [3.63, 3.8) is 0 Å². The van der Waals surface area contributed by atoms with Crippen molar-refractivity contribution in [3.05, 3.63) is 53.5 Å². The van der Waals surface area contributed by atoms with Crippen molar-refractivity contribution < 1.29 is 13.2 Å². The lowest BCUT2D eigenvalue weighted by atomic mass is 10.2. The van der Waals surface area contributed by atoms with Crippen molar-refractivity contribution in [1.29, 1.82) is 0 Å². The molecular formula is C20H18N4O3S3. The third kappa shape index (κ3) is 3.35. The van der Waals surface area contributed by atoms with E-state index >= 15 is 0 Å². The molecule has 5 rings (SSSR count). The first-order chi connectivity index (χ1) is 14.4. The molecule has 0 aliphatic carbocycles. The van der Waals surface area contributed by atoms with Crippen LogP contribution in [0.1, 0.15) is 12.0 Å². The standard InChI is InChI=1S/C20H18N4O3S3/c21-19-18-13(11-28-16(18)5-7-22-19)10-24-8-6-14(20(24)25)23-30(26,27)17-9-12-3-1-2-4-15(12)29-17/h1-5,7,9,11,14,23H,6,8,10H2,(H2,21,22)/t14-/m0/s1. The van der Waals surface area contributed by atoms with E-state index in [0.29, 0.717) is 25.3 Å². The zero-order valence-corrected chi connectivity index (χ0v) is 18.2. The summed E-state index contributed by atoms with van der Waals surface area (Å²) in [5.74, 6) is 0.221. The smallest absolute Gasteiger partial charge is 0.250 e. The van der Waals surface area contributed by atoms with Crippen LogP contribution in [-0.4, -0.2) is 36.8 Å². The highest BCUT2D eigenvalue weighted by molar-refractivity contribution is 7.91. The quantitative estimate of drug-likeness (QED) is 0.478. The zero-order valence-electron chi connectivity index (χ0n) is 15.7. The molecular weight excluding hydrogens is 440 g/mol. The van der Waals surface area contributed by atoms with E-state index in [1.807, 2.05) is 35.7 Å². The minimum Gasteiger partial charge on any atom is -0.383 e. The number of amides is 1. The van der Waals surface area contributed by atoms with E-state index in [4.69, 9.17) is 5.73 Å². The molecule has 0 bridgehead atoms. The van der Waals surface area contributed by atoms with Crippen LogP contribution in [0.3, 0.4) is 0 Å². The molecule has 0 saturated carbocycles. The number of benzene rings is 1. The molecule has 4 aromatic rings. The van der Waals surface area contributed by atoms with Gasteiger partial charge >= 0.3 is 0 Å². The minimum absolute atomic E-state index is 0.220. The first-order valence-electron chi connectivity index (χ1n) is 9.32. The van der Waals surface area contributed by atoms with Crippen LogP contribution in [0.25, 0.3) is 20.2 Å². The van der Waals surface area contributed by atoms with Crippen molar-refractivity contribution in [2.75, 3.05) is 12.3 Å². The van der Waals surface area contributed by atoms with Crippen molar-refractivity contribution in [3.8, 4) is 0 Å². The van der Waals surface area contributed by atoms with Gasteiger partial charge in [0.2, 0.25) is 5.91 Å². The average molecular weight is 459 g/mol. The fraction of sp³-hybridized carbons (Fsp3) is 0.200. The Hall–Kier alpha value is -2.53. The molecule has 7 nitrogen and oxygen atoms in total. The molecule has 3 aromatic heterocycles. The Morgan fingerprint density at radius 2 is 2.07 bits per heavy atom. The highest BCUT2D eigenvalue weighted by atomic mass is 32.2. The largest absolute Gasteiger partial charge is 0.383 e. The van der Waals surface area contributed by atoms with Gasteiger partial charge in [0.1, 0.15) is 16.1 Å². The van der Waals surface area contributed by atoms with Gasteiger partial charge in [-0.1, -0.05) is 18.2 Å². The molecule has 4 heterocycles. The third-order valence-corrected chi connectivity index (χ3v) is 9.27. The van der Waals surface area contributed by atoms with Gasteiger partial charge in [0.15, 0.2) is 0 Å². The molecule has 1 amide bonds. The number of aromatic nitrogens is 1. The summed E-state index contributed by atoms with van der Waals surface area (Å²) in [5.41, 5.74) is 6.95. The highest BCUT2D eigenvalue weighted by Crippen LogP contribution is 2.32. The first-order valence-corrected chi connectivity index (χ1v) is 12.5. The number of nitrogens with one attached hydrogen (secondary N) is 1. The van der Waals surface area contributed by atoms with Crippen LogP contribution in [0.2, 0.25) is 0 Å². The van der Waals surface area contributed by atoms with Crippen LogP contribution in [-0.2, 0) is 21.4 Å². The monoisotopic (exact) mass is 458 g/mol. The number of hydrogen-bond acceptors (Lipinski definition) is 7. The molecule has 1 aliphatic heterocycles. The number of fused-ring (bicyclic) bond motifs is 2. The maximum atomic E-state index is 12.9. The van der Waals surface area contributed by atoms with Crippen molar-refractivity contribution in [1.82, 2.24) is 14.6 Å². The second-order valence-corrected chi connectivity index (χ2v) is 11.1. The average Bonchev–Trinajstić information content (AvgIpc) is 3.42. The molecule has 0 unspecified atom stereocenters. The summed E-state index contributed by atoms with van der Waals surface area (Å²) >= 11 is 2.76. The lowest BCUT2D eigenvalue weighted by Gasteiger charge is -2.17. The number of nitrogens with two attached hydrogens (primary N) is 1. The van der Waals surface area contributed by atoms with Gasteiger partial charge in [-0.2, -0.15) is 4.72 Å². The summed E-state index contributed by atoms with van der Waals surface area (Å²) in [5, 5.41) is 3.72. The summed E-state index contributed by atoms with van der Waals surface area (Å²) < 4.78 is 30.4. The van der Waals surface area contributed by atoms with Crippen LogP contribution < -0.4 is 10.5 Å². The number of carbonyl (C=O) groups is 1. The van der Waals surface area contributed by atoms with E-state index in [2.05, 4.69) is 9.71 Å². The number of carbonyl (C=O) groups excluding carboxylic acids is 1. The highest BCUT2D eigenvalue weighted by Gasteiger charge is 2.35. The predicted molar refractivity (Wildman–Crippen MR) is 120 cm³/mol. The first kappa shape index (κ1) is 19.4. The number of nitrogens with zero attached hydrogens (tertiary/aromatic N) is 2. The second kappa shape index (κ2) is 7.31. The Morgan fingerprint density at radius 3 is 2.90 bits per heavy atom. The van der Waals surface area contributed by atoms with Crippen molar-refractivity contribution in [2.45, 2.75) is 23.2 Å². The normalized spacial score (nSPS) is 17.4. The van der Waals surface area contributed by atoms with Crippen LogP contribution in [0.15, 0.2) is 52.2 Å². The van der Waals surface area contributed by atoms with Gasteiger partial charge in [-0.3, -0.25) is 4.79 Å². The van der Waals surface area contributed by atoms with Gasteiger partial charge in [0.25, 0.3) is 10.0 Å². The SMILES string of the molecule is Nc1nccc2scc(CN3CC[C@H](NS(=O)(=O)c4cc5ccccc5s4)C3=O)c12. The third-order valence-electron chi connectivity index (χ3n) is 5.22. The number of likely N-dealkylation sites (tertiary alicyclic amines) is 1. The van der Waals surface area contributed by atoms with Gasteiger partial charge in [0.05, 0.1) is 0 Å². The zero-order chi connectivity index (χ0) is 20.9. The van der Waals surface area contributed by atoms with E-state index in [-0.39, 0.29) is 10.1 Å². The van der Waals surface area contributed by atoms with Gasteiger partial charge < -0.3 is 10.6 Å². The van der Waals surface area contributed by atoms with Crippen LogP contribution >= 0.6 is 22.7 Å². The van der Waals surface area contributed by atoms with Gasteiger partial charge in [-0.15, -0.1) is 22.7 Å². The Bertz CT molecular complexity index is 1340. The predicted octanol–water partition coefficient (Wildman–Crippen LogP) is 3.17. The Balaban J connectivity index is 1.34. The molecule has 1 saturated heterocycles. The molecule has 1 atom stereocenters. The van der Waals surface area contributed by atoms with E-state index in [0.717, 1.165) is 25.7 Å². The maximum absolute atomic E-state index is 12.9. The summed E-state index contributed by atoms with van der Waals surface area (Å²) in [6.07, 6.45) is 2.09. The molecule has 10 heteroatoms. The number of rotatable bonds is 5. The molecule has 3 N–H and O–H groups in total. The van der Waals surface area contributed by atoms with Crippen molar-refractivity contribution in [2.24, 2.45) is 0 Å². The van der Waals surface area contributed by atoms with Crippen LogP contribution in [0.4, 0.5) is 5.82 Å². The second-order valence-electron chi connectivity index (χ2n) is 7.16. The van der Waals surface area contributed by atoms with Crippen LogP contribution in [0, 0.1) is 0 Å². The summed E-state index contributed by atoms with van der Waals surface area (Å²) in [4.78, 5) is 18.7. The lowest BCUT2D eigenvalue weighted by molar-refractivity contribution is -0.129. The Morgan fingerprint density at radius 1 is 1.23 bits per heavy atom. The van der Waals surface area contributed by atoms with Gasteiger partial charge in [-0.05, 0) is 40.9 Å². The molecule has 30 heavy (non-hydrogen) atoms. The number of pyridine rings is 1. The van der Waals surface area contributed by atoms with E-state index < -0.39 is 16.1 Å². The molecule has 0 radical (unpaired) electrons. The fourth-order valence-electron chi connectivity index (χ4n) is 3.74. The molecule has 0 spiro atoms. The molecule has 154 valence electrons. The lowest BCUT2D eigenvalue weighted by Crippen LogP contribution is -2.41.